The van der Waals surface area contributed by atoms with Crippen LogP contribution in [0.3, 0.4) is 0 Å². The third kappa shape index (κ3) is 2.99. The number of methoxy groups -OCH3 is 1. The Morgan fingerprint density at radius 1 is 1.53 bits per heavy atom. The summed E-state index contributed by atoms with van der Waals surface area (Å²) in [7, 11) is 1.33. The molecule has 0 fully saturated rings. The molecule has 0 amide bonds. The highest BCUT2D eigenvalue weighted by molar-refractivity contribution is 6.32. The largest absolute Gasteiger partial charge is 0.466 e. The van der Waals surface area contributed by atoms with Crippen molar-refractivity contribution in [1.82, 2.24) is 0 Å². The maximum atomic E-state index is 11.1. The van der Waals surface area contributed by atoms with Crippen molar-refractivity contribution >= 4 is 29.3 Å². The van der Waals surface area contributed by atoms with Crippen molar-refractivity contribution in [2.75, 3.05) is 12.8 Å². The maximum absolute atomic E-state index is 11.1. The second-order valence-corrected chi connectivity index (χ2v) is 3.51. The highest BCUT2D eigenvalue weighted by Gasteiger charge is 2.05. The van der Waals surface area contributed by atoms with Crippen LogP contribution in [-0.4, -0.2) is 13.1 Å². The number of halogens is 1. The number of nitrogens with two attached hydrogens (primary N) is 1. The lowest BCUT2D eigenvalue weighted by molar-refractivity contribution is -0.135. The van der Waals surface area contributed by atoms with Gasteiger partial charge < -0.3 is 10.5 Å². The normalized spacial score (nSPS) is 11.3. The van der Waals surface area contributed by atoms with Gasteiger partial charge in [-0.2, -0.15) is 0 Å². The van der Waals surface area contributed by atoms with Crippen molar-refractivity contribution in [3.8, 4) is 0 Å². The number of benzene rings is 1. The van der Waals surface area contributed by atoms with Crippen molar-refractivity contribution in [1.29, 1.82) is 0 Å². The van der Waals surface area contributed by atoms with Gasteiger partial charge in [0.15, 0.2) is 0 Å². The van der Waals surface area contributed by atoms with Gasteiger partial charge in [0, 0.05) is 16.3 Å². The monoisotopic (exact) mass is 225 g/mol. The molecule has 0 atom stereocenters. The van der Waals surface area contributed by atoms with Crippen molar-refractivity contribution in [3.63, 3.8) is 0 Å². The van der Waals surface area contributed by atoms with E-state index in [1.807, 2.05) is 0 Å². The molecule has 0 spiro atoms. The molecule has 80 valence electrons. The Morgan fingerprint density at radius 3 is 2.80 bits per heavy atom. The summed E-state index contributed by atoms with van der Waals surface area (Å²) in [5.41, 5.74) is 7.39. The van der Waals surface area contributed by atoms with Gasteiger partial charge in [-0.25, -0.2) is 4.79 Å². The Labute approximate surface area is 93.5 Å². The van der Waals surface area contributed by atoms with Gasteiger partial charge in [0.25, 0.3) is 0 Å². The van der Waals surface area contributed by atoms with E-state index in [9.17, 15) is 4.79 Å². The van der Waals surface area contributed by atoms with Crippen LogP contribution in [0.1, 0.15) is 12.5 Å². The Bertz CT molecular complexity index is 413. The molecule has 0 unspecified atom stereocenters. The minimum atomic E-state index is -0.381. The predicted octanol–water partition coefficient (Wildman–Crippen LogP) is 2.50. The molecule has 0 aliphatic rings. The van der Waals surface area contributed by atoms with E-state index >= 15 is 0 Å². The molecule has 0 aromatic heterocycles. The molecule has 15 heavy (non-hydrogen) atoms. The number of esters is 1. The second-order valence-electron chi connectivity index (χ2n) is 3.10. The van der Waals surface area contributed by atoms with E-state index in [2.05, 4.69) is 4.74 Å². The molecule has 1 aromatic carbocycles. The number of anilines is 1. The fraction of sp³-hybridized carbons (Fsp3) is 0.182. The number of carbonyl (C=O) groups is 1. The zero-order chi connectivity index (χ0) is 11.4. The number of nitrogen functional groups attached to an aromatic ring is 1. The minimum Gasteiger partial charge on any atom is -0.466 e. The molecule has 0 bridgehead atoms. The summed E-state index contributed by atoms with van der Waals surface area (Å²) in [5, 5.41) is 0.549. The molecule has 0 heterocycles. The molecule has 0 radical (unpaired) electrons. The third-order valence-corrected chi connectivity index (χ3v) is 2.24. The van der Waals surface area contributed by atoms with E-state index in [0.29, 0.717) is 21.8 Å². The number of hydrogen-bond acceptors (Lipinski definition) is 3. The van der Waals surface area contributed by atoms with Crippen molar-refractivity contribution < 1.29 is 9.53 Å². The quantitative estimate of drug-likeness (QED) is 0.478. The fourth-order valence-corrected chi connectivity index (χ4v) is 1.30. The van der Waals surface area contributed by atoms with E-state index in [-0.39, 0.29) is 5.97 Å². The summed E-state index contributed by atoms with van der Waals surface area (Å²) in [6.45, 7) is 1.66. The lowest BCUT2D eigenvalue weighted by Gasteiger charge is -2.02. The van der Waals surface area contributed by atoms with Gasteiger partial charge in [-0.15, -0.1) is 0 Å². The van der Waals surface area contributed by atoms with E-state index in [0.717, 1.165) is 0 Å². The average Bonchev–Trinajstić information content (AvgIpc) is 2.22. The van der Waals surface area contributed by atoms with Gasteiger partial charge in [-0.05, 0) is 36.8 Å². The zero-order valence-electron chi connectivity index (χ0n) is 8.58. The summed E-state index contributed by atoms with van der Waals surface area (Å²) >= 11 is 5.94. The maximum Gasteiger partial charge on any atom is 0.333 e. The first-order chi connectivity index (χ1) is 7.04. The minimum absolute atomic E-state index is 0.381. The first kappa shape index (κ1) is 11.6. The molecular weight excluding hydrogens is 214 g/mol. The van der Waals surface area contributed by atoms with Crippen LogP contribution in [0.25, 0.3) is 6.08 Å². The van der Waals surface area contributed by atoms with Gasteiger partial charge in [-0.3, -0.25) is 0 Å². The van der Waals surface area contributed by atoms with Crippen LogP contribution in [0.4, 0.5) is 5.69 Å². The van der Waals surface area contributed by atoms with Crippen molar-refractivity contribution in [2.24, 2.45) is 0 Å². The van der Waals surface area contributed by atoms with E-state index < -0.39 is 0 Å². The summed E-state index contributed by atoms with van der Waals surface area (Å²) < 4.78 is 4.57. The van der Waals surface area contributed by atoms with Gasteiger partial charge in [0.1, 0.15) is 0 Å². The molecule has 0 saturated heterocycles. The van der Waals surface area contributed by atoms with E-state index in [1.165, 1.54) is 7.11 Å². The SMILES string of the molecule is COC(=O)/C(C)=C/c1cc(N)ccc1Cl. The Kier molecular flexibility index (Phi) is 3.74. The van der Waals surface area contributed by atoms with Gasteiger partial charge >= 0.3 is 5.97 Å². The van der Waals surface area contributed by atoms with Crippen molar-refractivity contribution in [2.45, 2.75) is 6.92 Å². The van der Waals surface area contributed by atoms with Crippen LogP contribution >= 0.6 is 11.6 Å². The molecule has 2 N–H and O–H groups in total. The van der Waals surface area contributed by atoms with Gasteiger partial charge in [-0.1, -0.05) is 11.6 Å². The Balaban J connectivity index is 3.07. The predicted molar refractivity (Wildman–Crippen MR) is 61.5 cm³/mol. The first-order valence-corrected chi connectivity index (χ1v) is 4.74. The molecule has 0 saturated carbocycles. The topological polar surface area (TPSA) is 52.3 Å². The smallest absolute Gasteiger partial charge is 0.333 e. The van der Waals surface area contributed by atoms with Crippen molar-refractivity contribution in [3.05, 3.63) is 34.4 Å². The highest BCUT2D eigenvalue weighted by Crippen LogP contribution is 2.21. The van der Waals surface area contributed by atoms with Crippen LogP contribution in [0.5, 0.6) is 0 Å². The molecule has 1 aromatic rings. The molecule has 1 rings (SSSR count). The van der Waals surface area contributed by atoms with Gasteiger partial charge in [0.2, 0.25) is 0 Å². The Morgan fingerprint density at radius 2 is 2.20 bits per heavy atom. The number of hydrogen-bond donors (Lipinski definition) is 1. The van der Waals surface area contributed by atoms with E-state index in [1.54, 1.807) is 31.2 Å². The standard InChI is InChI=1S/C11H12ClNO2/c1-7(11(14)15-2)5-8-6-9(13)3-4-10(8)12/h3-6H,13H2,1-2H3/b7-5+. The summed E-state index contributed by atoms with van der Waals surface area (Å²) in [4.78, 5) is 11.1. The summed E-state index contributed by atoms with van der Waals surface area (Å²) in [6, 6.07) is 5.09. The number of carbonyl (C=O) groups excluding carboxylic acids is 1. The molecule has 3 nitrogen and oxygen atoms in total. The first-order valence-electron chi connectivity index (χ1n) is 4.36. The number of ether oxygens (including phenoxy) is 1. The second kappa shape index (κ2) is 4.84. The lowest BCUT2D eigenvalue weighted by atomic mass is 10.1. The van der Waals surface area contributed by atoms with Crippen LogP contribution in [0, 0.1) is 0 Å². The molecular formula is C11H12ClNO2. The van der Waals surface area contributed by atoms with Gasteiger partial charge in [0.05, 0.1) is 7.11 Å². The molecule has 0 aliphatic heterocycles. The number of rotatable bonds is 2. The summed E-state index contributed by atoms with van der Waals surface area (Å²) in [6.07, 6.45) is 1.64. The highest BCUT2D eigenvalue weighted by atomic mass is 35.5. The molecule has 0 aliphatic carbocycles. The third-order valence-electron chi connectivity index (χ3n) is 1.90. The van der Waals surface area contributed by atoms with E-state index in [4.69, 9.17) is 17.3 Å². The fourth-order valence-electron chi connectivity index (χ4n) is 1.13. The molecule has 4 heteroatoms. The summed E-state index contributed by atoms with van der Waals surface area (Å²) in [5.74, 6) is -0.381. The van der Waals surface area contributed by atoms with Crippen LogP contribution in [-0.2, 0) is 9.53 Å². The van der Waals surface area contributed by atoms with Crippen LogP contribution < -0.4 is 5.73 Å². The lowest BCUT2D eigenvalue weighted by Crippen LogP contribution is -2.01. The van der Waals surface area contributed by atoms with Crippen LogP contribution in [0.15, 0.2) is 23.8 Å². The zero-order valence-corrected chi connectivity index (χ0v) is 9.34. The average molecular weight is 226 g/mol. The van der Waals surface area contributed by atoms with Crippen LogP contribution in [0.2, 0.25) is 5.02 Å². The Hall–Kier alpha value is -1.48.